The molecule has 0 aliphatic heterocycles. The van der Waals surface area contributed by atoms with Gasteiger partial charge in [-0.3, -0.25) is 4.79 Å². The zero-order chi connectivity index (χ0) is 15.6. The molecule has 0 fully saturated rings. The first kappa shape index (κ1) is 15.4. The monoisotopic (exact) mass is 285 g/mol. The van der Waals surface area contributed by atoms with Crippen molar-refractivity contribution in [1.29, 1.82) is 0 Å². The van der Waals surface area contributed by atoms with Gasteiger partial charge < -0.3 is 5.73 Å². The predicted molar refractivity (Wildman–Crippen MR) is 86.2 cm³/mol. The number of hydrogen-bond donors (Lipinski definition) is 1. The summed E-state index contributed by atoms with van der Waals surface area (Å²) in [5.41, 5.74) is 8.95. The molecule has 2 aromatic rings. The van der Waals surface area contributed by atoms with E-state index in [9.17, 15) is 4.79 Å². The number of rotatable bonds is 4. The van der Waals surface area contributed by atoms with Gasteiger partial charge in [-0.15, -0.1) is 0 Å². The van der Waals surface area contributed by atoms with Crippen LogP contribution in [-0.4, -0.2) is 9.78 Å². The molecule has 2 N–H and O–H groups in total. The van der Waals surface area contributed by atoms with E-state index < -0.39 is 5.54 Å². The van der Waals surface area contributed by atoms with E-state index >= 15 is 0 Å². The summed E-state index contributed by atoms with van der Waals surface area (Å²) in [7, 11) is 0. The molecule has 0 saturated heterocycles. The average molecular weight is 285 g/mol. The Balaban J connectivity index is 2.64. The summed E-state index contributed by atoms with van der Waals surface area (Å²) in [6, 6.07) is 9.94. The topological polar surface area (TPSA) is 60.9 Å². The van der Waals surface area contributed by atoms with Crippen molar-refractivity contribution in [2.75, 3.05) is 0 Å². The van der Waals surface area contributed by atoms with Gasteiger partial charge in [0.2, 0.25) is 0 Å². The fourth-order valence-corrected chi connectivity index (χ4v) is 2.23. The Morgan fingerprint density at radius 1 is 1.24 bits per heavy atom. The lowest BCUT2D eigenvalue weighted by Crippen LogP contribution is -2.39. The lowest BCUT2D eigenvalue weighted by Gasteiger charge is -2.20. The summed E-state index contributed by atoms with van der Waals surface area (Å²) in [5, 5.41) is 4.48. The zero-order valence-electron chi connectivity index (χ0n) is 13.2. The largest absolute Gasteiger partial charge is 0.322 e. The van der Waals surface area contributed by atoms with E-state index in [1.807, 2.05) is 58.0 Å². The normalized spacial score (nSPS) is 11.7. The number of nitrogens with zero attached hydrogens (tertiary/aromatic N) is 2. The molecule has 0 atom stereocenters. The van der Waals surface area contributed by atoms with E-state index in [1.54, 1.807) is 0 Å². The van der Waals surface area contributed by atoms with E-state index in [-0.39, 0.29) is 5.56 Å². The Morgan fingerprint density at radius 2 is 1.86 bits per heavy atom. The van der Waals surface area contributed by atoms with E-state index in [1.165, 1.54) is 10.2 Å². The predicted octanol–water partition coefficient (Wildman–Crippen LogP) is 2.82. The molecule has 0 bridgehead atoms. The van der Waals surface area contributed by atoms with Gasteiger partial charge in [0.1, 0.15) is 0 Å². The minimum Gasteiger partial charge on any atom is -0.322 e. The number of aromatic nitrogens is 2. The second-order valence-electron chi connectivity index (χ2n) is 6.06. The van der Waals surface area contributed by atoms with Crippen LogP contribution in [0.3, 0.4) is 0 Å². The molecule has 1 aromatic heterocycles. The van der Waals surface area contributed by atoms with E-state index in [2.05, 4.69) is 5.10 Å². The van der Waals surface area contributed by atoms with Crippen molar-refractivity contribution < 1.29 is 0 Å². The number of benzene rings is 1. The van der Waals surface area contributed by atoms with Gasteiger partial charge in [0.05, 0.1) is 5.69 Å². The molecule has 0 radical (unpaired) electrons. The summed E-state index contributed by atoms with van der Waals surface area (Å²) in [5.74, 6) is 0. The van der Waals surface area contributed by atoms with Gasteiger partial charge in [-0.25, -0.2) is 4.68 Å². The minimum atomic E-state index is -0.686. The van der Waals surface area contributed by atoms with Crippen LogP contribution in [0.1, 0.15) is 38.3 Å². The van der Waals surface area contributed by atoms with Crippen LogP contribution in [0.15, 0.2) is 35.1 Å². The molecule has 4 heteroatoms. The summed E-state index contributed by atoms with van der Waals surface area (Å²) in [6.45, 7) is 8.36. The van der Waals surface area contributed by atoms with Crippen molar-refractivity contribution >= 4 is 0 Å². The highest BCUT2D eigenvalue weighted by Crippen LogP contribution is 2.21. The zero-order valence-corrected chi connectivity index (χ0v) is 13.2. The van der Waals surface area contributed by atoms with Crippen molar-refractivity contribution in [2.24, 2.45) is 5.73 Å². The van der Waals surface area contributed by atoms with Crippen molar-refractivity contribution in [2.45, 2.75) is 46.2 Å². The molecule has 0 amide bonds. The van der Waals surface area contributed by atoms with Crippen LogP contribution < -0.4 is 11.3 Å². The fraction of sp³-hybridized carbons (Fsp3) is 0.412. The number of aryl methyl sites for hydroxylation is 2. The number of hydrogen-bond acceptors (Lipinski definition) is 3. The van der Waals surface area contributed by atoms with Gasteiger partial charge in [0, 0.05) is 23.2 Å². The Morgan fingerprint density at radius 3 is 2.38 bits per heavy atom. The second kappa shape index (κ2) is 5.82. The highest BCUT2D eigenvalue weighted by atomic mass is 16.1. The summed E-state index contributed by atoms with van der Waals surface area (Å²) in [6.07, 6.45) is 0.856. The second-order valence-corrected chi connectivity index (χ2v) is 6.06. The highest BCUT2D eigenvalue weighted by Gasteiger charge is 2.21. The Hall–Kier alpha value is -1.94. The van der Waals surface area contributed by atoms with Crippen molar-refractivity contribution in [3.63, 3.8) is 0 Å². The molecule has 0 spiro atoms. The standard InChI is InChI=1S/C17H23N3O/c1-5-10-20-16(21)14(17(3,4)18)11-15(19-20)13-8-6-12(2)7-9-13/h6-9,11H,5,10,18H2,1-4H3. The maximum Gasteiger partial charge on any atom is 0.271 e. The first-order valence-electron chi connectivity index (χ1n) is 7.31. The molecular weight excluding hydrogens is 262 g/mol. The lowest BCUT2D eigenvalue weighted by atomic mass is 9.95. The van der Waals surface area contributed by atoms with Crippen molar-refractivity contribution in [1.82, 2.24) is 9.78 Å². The summed E-state index contributed by atoms with van der Waals surface area (Å²) >= 11 is 0. The maximum absolute atomic E-state index is 12.5. The molecule has 4 nitrogen and oxygen atoms in total. The third kappa shape index (κ3) is 3.39. The Labute approximate surface area is 125 Å². The summed E-state index contributed by atoms with van der Waals surface area (Å²) < 4.78 is 1.53. The van der Waals surface area contributed by atoms with Crippen LogP contribution in [0.5, 0.6) is 0 Å². The van der Waals surface area contributed by atoms with Gasteiger partial charge in [-0.1, -0.05) is 36.8 Å². The fourth-order valence-electron chi connectivity index (χ4n) is 2.23. The highest BCUT2D eigenvalue weighted by molar-refractivity contribution is 5.59. The van der Waals surface area contributed by atoms with Gasteiger partial charge in [-0.2, -0.15) is 5.10 Å². The van der Waals surface area contributed by atoms with E-state index in [4.69, 9.17) is 5.73 Å². The van der Waals surface area contributed by atoms with Gasteiger partial charge in [0.15, 0.2) is 0 Å². The van der Waals surface area contributed by atoms with Gasteiger partial charge in [-0.05, 0) is 33.3 Å². The maximum atomic E-state index is 12.5. The summed E-state index contributed by atoms with van der Waals surface area (Å²) in [4.78, 5) is 12.5. The van der Waals surface area contributed by atoms with E-state index in [0.29, 0.717) is 12.1 Å². The van der Waals surface area contributed by atoms with Crippen LogP contribution in [0.25, 0.3) is 11.3 Å². The molecule has 0 aliphatic carbocycles. The number of nitrogens with two attached hydrogens (primary N) is 1. The van der Waals surface area contributed by atoms with Crippen LogP contribution >= 0.6 is 0 Å². The smallest absolute Gasteiger partial charge is 0.271 e. The van der Waals surface area contributed by atoms with Crippen LogP contribution in [0, 0.1) is 6.92 Å². The molecule has 0 saturated carbocycles. The van der Waals surface area contributed by atoms with Crippen molar-refractivity contribution in [3.05, 3.63) is 51.8 Å². The molecular formula is C17H23N3O. The van der Waals surface area contributed by atoms with Gasteiger partial charge >= 0.3 is 0 Å². The Kier molecular flexibility index (Phi) is 4.28. The third-order valence-corrected chi connectivity index (χ3v) is 3.45. The third-order valence-electron chi connectivity index (χ3n) is 3.45. The molecule has 0 unspecified atom stereocenters. The molecule has 2 rings (SSSR count). The molecule has 0 aliphatic rings. The molecule has 112 valence electrons. The van der Waals surface area contributed by atoms with Crippen LogP contribution in [0.2, 0.25) is 0 Å². The van der Waals surface area contributed by atoms with Crippen molar-refractivity contribution in [3.8, 4) is 11.3 Å². The first-order chi connectivity index (χ1) is 9.82. The first-order valence-corrected chi connectivity index (χ1v) is 7.31. The van der Waals surface area contributed by atoms with Crippen LogP contribution in [-0.2, 0) is 12.1 Å². The minimum absolute atomic E-state index is 0.0970. The molecule has 21 heavy (non-hydrogen) atoms. The lowest BCUT2D eigenvalue weighted by molar-refractivity contribution is 0.507. The van der Waals surface area contributed by atoms with E-state index in [0.717, 1.165) is 17.7 Å². The van der Waals surface area contributed by atoms with Crippen LogP contribution in [0.4, 0.5) is 0 Å². The molecule has 1 heterocycles. The molecule has 1 aromatic carbocycles. The quantitative estimate of drug-likeness (QED) is 0.939. The SMILES string of the molecule is CCCn1nc(-c2ccc(C)cc2)cc(C(C)(C)N)c1=O. The average Bonchev–Trinajstić information content (AvgIpc) is 2.41. The van der Waals surface area contributed by atoms with Gasteiger partial charge in [0.25, 0.3) is 5.56 Å². The Bertz CT molecular complexity index is 679.